The van der Waals surface area contributed by atoms with Gasteiger partial charge in [0.25, 0.3) is 0 Å². The first-order valence-electron chi connectivity index (χ1n) is 9.75. The Morgan fingerprint density at radius 3 is 2.70 bits per heavy atom. The number of amides is 1. The number of rotatable bonds is 6. The van der Waals surface area contributed by atoms with Crippen LogP contribution in [0.2, 0.25) is 0 Å². The molecular formula is C22H23BrN4O3. The van der Waals surface area contributed by atoms with Crippen LogP contribution in [0.4, 0.5) is 0 Å². The molecular weight excluding hydrogens is 448 g/mol. The van der Waals surface area contributed by atoms with Crippen molar-refractivity contribution in [1.82, 2.24) is 21.2 Å². The molecule has 3 aromatic rings. The lowest BCUT2D eigenvalue weighted by Gasteiger charge is -2.18. The van der Waals surface area contributed by atoms with E-state index in [9.17, 15) is 9.59 Å². The van der Waals surface area contributed by atoms with Gasteiger partial charge in [0.15, 0.2) is 0 Å². The normalized spacial score (nSPS) is 19.5. The molecule has 1 aliphatic heterocycles. The standard InChI is InChI=1S/C22H23BrN4O3/c1-30-22(29)20(10-14-12-24-17-5-3-2-4-16(14)17)25-21(28)19-11-18(26-27-19)13-6-8-15(23)9-7-13/h2-9,12,18-20,24,26-27H,10-11H2,1H3,(H,25,28). The number of carbonyl (C=O) groups excluding carboxylic acids is 2. The highest BCUT2D eigenvalue weighted by molar-refractivity contribution is 9.10. The number of aromatic nitrogens is 1. The smallest absolute Gasteiger partial charge is 0.328 e. The summed E-state index contributed by atoms with van der Waals surface area (Å²) < 4.78 is 5.94. The molecule has 1 aliphatic rings. The summed E-state index contributed by atoms with van der Waals surface area (Å²) >= 11 is 3.43. The molecule has 0 radical (unpaired) electrons. The van der Waals surface area contributed by atoms with Gasteiger partial charge in [0, 0.05) is 34.0 Å². The highest BCUT2D eigenvalue weighted by Crippen LogP contribution is 2.24. The van der Waals surface area contributed by atoms with E-state index in [0.717, 1.165) is 26.5 Å². The van der Waals surface area contributed by atoms with Crippen LogP contribution in [0, 0.1) is 0 Å². The molecule has 2 heterocycles. The zero-order chi connectivity index (χ0) is 21.1. The molecule has 1 fully saturated rings. The SMILES string of the molecule is COC(=O)C(Cc1c[nH]c2ccccc12)NC(=O)C1CC(c2ccc(Br)cc2)NN1. The van der Waals surface area contributed by atoms with Crippen LogP contribution < -0.4 is 16.2 Å². The van der Waals surface area contributed by atoms with E-state index in [4.69, 9.17) is 4.74 Å². The van der Waals surface area contributed by atoms with Gasteiger partial charge in [-0.05, 0) is 35.7 Å². The summed E-state index contributed by atoms with van der Waals surface area (Å²) in [5.74, 6) is -0.707. The first-order chi connectivity index (χ1) is 14.5. The van der Waals surface area contributed by atoms with Gasteiger partial charge in [-0.3, -0.25) is 4.79 Å². The third kappa shape index (κ3) is 4.40. The number of ether oxygens (including phenoxy) is 1. The van der Waals surface area contributed by atoms with Crippen molar-refractivity contribution in [3.8, 4) is 0 Å². The number of fused-ring (bicyclic) bond motifs is 1. The maximum absolute atomic E-state index is 12.9. The van der Waals surface area contributed by atoms with E-state index in [1.807, 2.05) is 54.7 Å². The molecule has 0 aliphatic carbocycles. The zero-order valence-corrected chi connectivity index (χ0v) is 18.0. The van der Waals surface area contributed by atoms with Gasteiger partial charge in [0.05, 0.1) is 7.11 Å². The van der Waals surface area contributed by atoms with E-state index >= 15 is 0 Å². The van der Waals surface area contributed by atoms with Crippen LogP contribution in [-0.4, -0.2) is 36.1 Å². The zero-order valence-electron chi connectivity index (χ0n) is 16.4. The number of hydrogen-bond donors (Lipinski definition) is 4. The number of nitrogens with one attached hydrogen (secondary N) is 4. The average Bonchev–Trinajstić information content (AvgIpc) is 3.41. The highest BCUT2D eigenvalue weighted by atomic mass is 79.9. The predicted molar refractivity (Wildman–Crippen MR) is 118 cm³/mol. The number of halogens is 1. The molecule has 4 N–H and O–H groups in total. The molecule has 1 saturated heterocycles. The summed E-state index contributed by atoms with van der Waals surface area (Å²) in [5.41, 5.74) is 9.23. The molecule has 1 amide bonds. The molecule has 156 valence electrons. The second-order valence-corrected chi connectivity index (χ2v) is 8.24. The minimum Gasteiger partial charge on any atom is -0.467 e. The topological polar surface area (TPSA) is 95.2 Å². The van der Waals surface area contributed by atoms with Crippen molar-refractivity contribution in [3.63, 3.8) is 0 Å². The van der Waals surface area contributed by atoms with Gasteiger partial charge in [0.2, 0.25) is 5.91 Å². The van der Waals surface area contributed by atoms with Crippen LogP contribution in [0.25, 0.3) is 10.9 Å². The average molecular weight is 471 g/mol. The van der Waals surface area contributed by atoms with Gasteiger partial charge < -0.3 is 15.0 Å². The number of methoxy groups -OCH3 is 1. The van der Waals surface area contributed by atoms with Crippen LogP contribution in [-0.2, 0) is 20.7 Å². The summed E-state index contributed by atoms with van der Waals surface area (Å²) in [7, 11) is 1.33. The molecule has 0 saturated carbocycles. The van der Waals surface area contributed by atoms with E-state index in [0.29, 0.717) is 12.8 Å². The van der Waals surface area contributed by atoms with Crippen molar-refractivity contribution in [2.75, 3.05) is 7.11 Å². The summed E-state index contributed by atoms with van der Waals surface area (Å²) in [5, 5.41) is 3.88. The van der Waals surface area contributed by atoms with Crippen molar-refractivity contribution < 1.29 is 14.3 Å². The fourth-order valence-electron chi connectivity index (χ4n) is 3.77. The molecule has 0 bridgehead atoms. The minimum absolute atomic E-state index is 0.0130. The molecule has 7 nitrogen and oxygen atoms in total. The second kappa shape index (κ2) is 8.99. The number of carbonyl (C=O) groups is 2. The van der Waals surface area contributed by atoms with Gasteiger partial charge >= 0.3 is 5.97 Å². The summed E-state index contributed by atoms with van der Waals surface area (Å²) in [6.45, 7) is 0. The molecule has 3 unspecified atom stereocenters. The van der Waals surface area contributed by atoms with Crippen molar-refractivity contribution in [3.05, 3.63) is 70.3 Å². The Kier molecular flexibility index (Phi) is 6.17. The van der Waals surface area contributed by atoms with Gasteiger partial charge in [-0.2, -0.15) is 0 Å². The maximum Gasteiger partial charge on any atom is 0.328 e. The lowest BCUT2D eigenvalue weighted by atomic mass is 10.0. The van der Waals surface area contributed by atoms with Crippen molar-refractivity contribution >= 4 is 38.7 Å². The van der Waals surface area contributed by atoms with E-state index in [2.05, 4.69) is 37.1 Å². The second-order valence-electron chi connectivity index (χ2n) is 7.33. The third-order valence-electron chi connectivity index (χ3n) is 5.39. The maximum atomic E-state index is 12.9. The Hall–Kier alpha value is -2.68. The molecule has 3 atom stereocenters. The van der Waals surface area contributed by atoms with Gasteiger partial charge in [-0.25, -0.2) is 15.6 Å². The molecule has 1 aromatic heterocycles. The Balaban J connectivity index is 1.43. The van der Waals surface area contributed by atoms with Crippen LogP contribution in [0.1, 0.15) is 23.6 Å². The molecule has 8 heteroatoms. The fourth-order valence-corrected chi connectivity index (χ4v) is 4.03. The van der Waals surface area contributed by atoms with Gasteiger partial charge in [-0.1, -0.05) is 46.3 Å². The Bertz CT molecular complexity index is 1050. The Labute approximate surface area is 182 Å². The van der Waals surface area contributed by atoms with Crippen LogP contribution in [0.15, 0.2) is 59.2 Å². The summed E-state index contributed by atoms with van der Waals surface area (Å²) in [4.78, 5) is 28.4. The molecule has 30 heavy (non-hydrogen) atoms. The van der Waals surface area contributed by atoms with E-state index in [1.165, 1.54) is 7.11 Å². The number of hydrogen-bond acceptors (Lipinski definition) is 5. The van der Waals surface area contributed by atoms with Crippen molar-refractivity contribution in [2.45, 2.75) is 31.0 Å². The molecule has 4 rings (SSSR count). The van der Waals surface area contributed by atoms with E-state index < -0.39 is 18.1 Å². The first-order valence-corrected chi connectivity index (χ1v) is 10.5. The Morgan fingerprint density at radius 1 is 1.17 bits per heavy atom. The van der Waals surface area contributed by atoms with Gasteiger partial charge in [0.1, 0.15) is 12.1 Å². The fraction of sp³-hybridized carbons (Fsp3) is 0.273. The van der Waals surface area contributed by atoms with E-state index in [-0.39, 0.29) is 11.9 Å². The van der Waals surface area contributed by atoms with Crippen LogP contribution in [0.3, 0.4) is 0 Å². The Morgan fingerprint density at radius 2 is 1.93 bits per heavy atom. The van der Waals surface area contributed by atoms with Crippen LogP contribution >= 0.6 is 15.9 Å². The van der Waals surface area contributed by atoms with Gasteiger partial charge in [-0.15, -0.1) is 0 Å². The summed E-state index contributed by atoms with van der Waals surface area (Å²) in [6, 6.07) is 14.6. The molecule has 0 spiro atoms. The first kappa shape index (κ1) is 20.6. The third-order valence-corrected chi connectivity index (χ3v) is 5.92. The number of para-hydroxylation sites is 1. The monoisotopic (exact) mass is 470 g/mol. The lowest BCUT2D eigenvalue weighted by molar-refractivity contribution is -0.145. The van der Waals surface area contributed by atoms with Crippen molar-refractivity contribution in [1.29, 1.82) is 0 Å². The van der Waals surface area contributed by atoms with E-state index in [1.54, 1.807) is 0 Å². The number of hydrazine groups is 1. The largest absolute Gasteiger partial charge is 0.467 e. The number of esters is 1. The predicted octanol–water partition coefficient (Wildman–Crippen LogP) is 2.74. The number of benzene rings is 2. The summed E-state index contributed by atoms with van der Waals surface area (Å²) in [6.07, 6.45) is 2.79. The van der Waals surface area contributed by atoms with Crippen LogP contribution in [0.5, 0.6) is 0 Å². The quantitative estimate of drug-likeness (QED) is 0.415. The number of H-pyrrole nitrogens is 1. The number of aromatic amines is 1. The lowest BCUT2D eigenvalue weighted by Crippen LogP contribution is -2.50. The minimum atomic E-state index is -0.768. The van der Waals surface area contributed by atoms with Crippen molar-refractivity contribution in [2.24, 2.45) is 0 Å². The highest BCUT2D eigenvalue weighted by Gasteiger charge is 2.33. The molecule has 2 aromatic carbocycles.